The maximum atomic E-state index is 14.2. The zero-order chi connectivity index (χ0) is 19.7. The Labute approximate surface area is 165 Å². The van der Waals surface area contributed by atoms with Crippen LogP contribution in [-0.2, 0) is 6.54 Å². The summed E-state index contributed by atoms with van der Waals surface area (Å²) in [5, 5.41) is 11.3. The molecule has 0 bridgehead atoms. The van der Waals surface area contributed by atoms with Gasteiger partial charge in [-0.1, -0.05) is 12.1 Å². The molecule has 8 heteroatoms. The van der Waals surface area contributed by atoms with E-state index in [-0.39, 0.29) is 5.82 Å². The molecule has 0 fully saturated rings. The van der Waals surface area contributed by atoms with Gasteiger partial charge < -0.3 is 8.98 Å². The molecule has 0 aliphatic heterocycles. The van der Waals surface area contributed by atoms with Crippen LogP contribution < -0.4 is 0 Å². The summed E-state index contributed by atoms with van der Waals surface area (Å²) in [5.41, 5.74) is 3.39. The third-order valence-corrected chi connectivity index (χ3v) is 4.85. The smallest absolute Gasteiger partial charge is 0.216 e. The fourth-order valence-corrected chi connectivity index (χ4v) is 3.27. The third kappa shape index (κ3) is 3.34. The van der Waals surface area contributed by atoms with E-state index in [1.165, 1.54) is 10.7 Å². The van der Waals surface area contributed by atoms with E-state index in [9.17, 15) is 4.39 Å². The molecule has 4 aromatic rings. The van der Waals surface area contributed by atoms with Crippen LogP contribution in [0.1, 0.15) is 22.7 Å². The average molecular weight is 395 g/mol. The van der Waals surface area contributed by atoms with Crippen LogP contribution in [0.5, 0.6) is 0 Å². The Balaban J connectivity index is 1.69. The zero-order valence-corrected chi connectivity index (χ0v) is 16.2. The van der Waals surface area contributed by atoms with Gasteiger partial charge in [-0.2, -0.15) is 14.9 Å². The van der Waals surface area contributed by atoms with E-state index in [1.54, 1.807) is 30.7 Å². The van der Waals surface area contributed by atoms with Crippen LogP contribution in [0.2, 0.25) is 0 Å². The van der Waals surface area contributed by atoms with E-state index in [2.05, 4.69) is 19.9 Å². The molecule has 6 nitrogen and oxygen atoms in total. The van der Waals surface area contributed by atoms with Crippen LogP contribution >= 0.6 is 12.2 Å². The van der Waals surface area contributed by atoms with Gasteiger partial charge in [0.1, 0.15) is 11.6 Å². The molecule has 0 aliphatic rings. The monoisotopic (exact) mass is 395 g/mol. The number of nitrogens with zero attached hydrogens (tertiary/aromatic N) is 4. The van der Waals surface area contributed by atoms with Crippen molar-refractivity contribution >= 4 is 18.4 Å². The van der Waals surface area contributed by atoms with Crippen LogP contribution in [-0.4, -0.2) is 25.7 Å². The second kappa shape index (κ2) is 7.40. The molecule has 0 amide bonds. The lowest BCUT2D eigenvalue weighted by Gasteiger charge is -2.07. The highest BCUT2D eigenvalue weighted by Crippen LogP contribution is 2.21. The van der Waals surface area contributed by atoms with Crippen LogP contribution in [0.25, 0.3) is 11.4 Å². The van der Waals surface area contributed by atoms with Crippen molar-refractivity contribution in [1.82, 2.24) is 19.4 Å². The predicted octanol–water partition coefficient (Wildman–Crippen LogP) is 4.69. The number of hydrogen-bond acceptors (Lipinski definition) is 4. The molecule has 0 saturated heterocycles. The number of aryl methyl sites for hydroxylation is 1. The molecule has 3 heterocycles. The topological polar surface area (TPSA) is 64.0 Å². The molecule has 1 aromatic carbocycles. The van der Waals surface area contributed by atoms with Crippen molar-refractivity contribution in [2.45, 2.75) is 20.4 Å². The molecule has 3 aromatic heterocycles. The number of aromatic nitrogens is 4. The van der Waals surface area contributed by atoms with Crippen LogP contribution in [0.3, 0.4) is 0 Å². The van der Waals surface area contributed by atoms with Gasteiger partial charge in [-0.3, -0.25) is 0 Å². The highest BCUT2D eigenvalue weighted by atomic mass is 32.1. The van der Waals surface area contributed by atoms with Crippen LogP contribution in [0.15, 0.2) is 58.2 Å². The number of halogens is 1. The number of nitrogens with one attached hydrogen (secondary N) is 1. The minimum Gasteiger partial charge on any atom is -0.467 e. The summed E-state index contributed by atoms with van der Waals surface area (Å²) in [6.07, 6.45) is 3.37. The van der Waals surface area contributed by atoms with Gasteiger partial charge in [0.25, 0.3) is 0 Å². The van der Waals surface area contributed by atoms with Gasteiger partial charge in [-0.25, -0.2) is 9.49 Å². The van der Waals surface area contributed by atoms with Crippen molar-refractivity contribution in [2.24, 2.45) is 5.10 Å². The molecule has 0 atom stereocenters. The lowest BCUT2D eigenvalue weighted by Crippen LogP contribution is -2.03. The van der Waals surface area contributed by atoms with E-state index in [4.69, 9.17) is 16.6 Å². The summed E-state index contributed by atoms with van der Waals surface area (Å²) >= 11 is 5.26. The van der Waals surface area contributed by atoms with E-state index < -0.39 is 0 Å². The molecule has 0 unspecified atom stereocenters. The van der Waals surface area contributed by atoms with Crippen LogP contribution in [0.4, 0.5) is 4.39 Å². The van der Waals surface area contributed by atoms with E-state index in [0.29, 0.717) is 22.7 Å². The Kier molecular flexibility index (Phi) is 4.79. The maximum Gasteiger partial charge on any atom is 0.216 e. The zero-order valence-electron chi connectivity index (χ0n) is 15.4. The second-order valence-electron chi connectivity index (χ2n) is 6.38. The fraction of sp³-hybridized carbons (Fsp3) is 0.150. The van der Waals surface area contributed by atoms with Crippen molar-refractivity contribution in [3.63, 3.8) is 0 Å². The number of rotatable bonds is 5. The van der Waals surface area contributed by atoms with Gasteiger partial charge in [-0.15, -0.1) is 0 Å². The number of aromatic amines is 1. The van der Waals surface area contributed by atoms with Gasteiger partial charge in [0.2, 0.25) is 4.77 Å². The molecule has 142 valence electrons. The van der Waals surface area contributed by atoms with Crippen molar-refractivity contribution < 1.29 is 8.81 Å². The Morgan fingerprint density at radius 1 is 1.25 bits per heavy atom. The van der Waals surface area contributed by atoms with Crippen molar-refractivity contribution in [3.05, 3.63) is 82.0 Å². The normalized spacial score (nSPS) is 11.5. The highest BCUT2D eigenvalue weighted by Gasteiger charge is 2.13. The molecule has 0 spiro atoms. The summed E-state index contributed by atoms with van der Waals surface area (Å²) in [6, 6.07) is 12.2. The van der Waals surface area contributed by atoms with Gasteiger partial charge in [0.15, 0.2) is 5.82 Å². The van der Waals surface area contributed by atoms with E-state index >= 15 is 0 Å². The van der Waals surface area contributed by atoms with E-state index in [0.717, 1.165) is 22.7 Å². The second-order valence-corrected chi connectivity index (χ2v) is 6.77. The largest absolute Gasteiger partial charge is 0.467 e. The molecule has 0 aliphatic carbocycles. The Morgan fingerprint density at radius 2 is 2.07 bits per heavy atom. The first-order chi connectivity index (χ1) is 13.5. The van der Waals surface area contributed by atoms with Gasteiger partial charge in [0.05, 0.1) is 24.6 Å². The lowest BCUT2D eigenvalue weighted by atomic mass is 10.2. The Bertz CT molecular complexity index is 1200. The van der Waals surface area contributed by atoms with Gasteiger partial charge >= 0.3 is 0 Å². The molecule has 4 rings (SSSR count). The minimum atomic E-state index is -0.385. The predicted molar refractivity (Wildman–Crippen MR) is 108 cm³/mol. The summed E-state index contributed by atoms with van der Waals surface area (Å²) < 4.78 is 23.5. The quantitative estimate of drug-likeness (QED) is 0.394. The Hall–Kier alpha value is -3.26. The Morgan fingerprint density at radius 3 is 2.82 bits per heavy atom. The summed E-state index contributed by atoms with van der Waals surface area (Å²) in [7, 11) is 0. The van der Waals surface area contributed by atoms with Crippen LogP contribution in [0, 0.1) is 24.4 Å². The summed E-state index contributed by atoms with van der Waals surface area (Å²) in [4.78, 5) is 0. The van der Waals surface area contributed by atoms with Crippen molar-refractivity contribution in [2.75, 3.05) is 0 Å². The summed E-state index contributed by atoms with van der Waals surface area (Å²) in [6.45, 7) is 4.69. The lowest BCUT2D eigenvalue weighted by molar-refractivity contribution is 0.489. The minimum absolute atomic E-state index is 0.291. The number of benzene rings is 1. The highest BCUT2D eigenvalue weighted by molar-refractivity contribution is 7.71. The summed E-state index contributed by atoms with van der Waals surface area (Å²) in [5.74, 6) is 0.817. The number of H-pyrrole nitrogens is 1. The SMILES string of the molecule is Cc1cc(/C=N\n2c(-c3ccccc3F)n[nH]c2=S)c(C)n1Cc1ccco1. The molecule has 1 N–H and O–H groups in total. The van der Waals surface area contributed by atoms with E-state index in [1.807, 2.05) is 32.0 Å². The molecular formula is C20H18FN5OS. The van der Waals surface area contributed by atoms with Crippen molar-refractivity contribution in [3.8, 4) is 11.4 Å². The molecule has 0 radical (unpaired) electrons. The maximum absolute atomic E-state index is 14.2. The standard InChI is InChI=1S/C20H18FN5OS/c1-13-10-15(14(2)25(13)12-16-6-5-9-27-16)11-22-26-19(23-24-20(26)28)17-7-3-4-8-18(17)21/h3-11H,12H2,1-2H3,(H,24,28)/b22-11-. The first-order valence-corrected chi connectivity index (χ1v) is 9.11. The average Bonchev–Trinajstić information content (AvgIpc) is 3.38. The van der Waals surface area contributed by atoms with Crippen molar-refractivity contribution in [1.29, 1.82) is 0 Å². The first-order valence-electron chi connectivity index (χ1n) is 8.70. The first kappa shape index (κ1) is 18.1. The van der Waals surface area contributed by atoms with Gasteiger partial charge in [-0.05, 0) is 56.4 Å². The molecular weight excluding hydrogens is 377 g/mol. The number of furan rings is 1. The molecule has 0 saturated carbocycles. The third-order valence-electron chi connectivity index (χ3n) is 4.58. The number of hydrogen-bond donors (Lipinski definition) is 1. The fourth-order valence-electron chi connectivity index (χ4n) is 3.10. The van der Waals surface area contributed by atoms with Gasteiger partial charge in [0, 0.05) is 17.0 Å². The molecule has 28 heavy (non-hydrogen) atoms.